The van der Waals surface area contributed by atoms with E-state index in [4.69, 9.17) is 5.26 Å². The first-order chi connectivity index (χ1) is 9.52. The minimum atomic E-state index is -0.407. The number of amides is 1. The number of benzene rings is 1. The molecule has 0 aliphatic rings. The van der Waals surface area contributed by atoms with Crippen LogP contribution in [0.5, 0.6) is 0 Å². The molecule has 0 radical (unpaired) electrons. The van der Waals surface area contributed by atoms with Crippen molar-refractivity contribution in [3.63, 3.8) is 0 Å². The predicted octanol–water partition coefficient (Wildman–Crippen LogP) is 1.49. The summed E-state index contributed by atoms with van der Waals surface area (Å²) in [4.78, 5) is 13.9. The lowest BCUT2D eigenvalue weighted by atomic mass is 10.2. The molecule has 0 saturated heterocycles. The fourth-order valence-corrected chi connectivity index (χ4v) is 1.53. The van der Waals surface area contributed by atoms with Gasteiger partial charge >= 0.3 is 0 Å². The zero-order valence-electron chi connectivity index (χ0n) is 12.1. The summed E-state index contributed by atoms with van der Waals surface area (Å²) in [6.07, 6.45) is 1.45. The van der Waals surface area contributed by atoms with E-state index in [0.29, 0.717) is 12.2 Å². The number of carbonyl (C=O) groups is 1. The van der Waals surface area contributed by atoms with Crippen LogP contribution < -0.4 is 10.6 Å². The summed E-state index contributed by atoms with van der Waals surface area (Å²) in [7, 11) is 3.92. The van der Waals surface area contributed by atoms with E-state index in [1.807, 2.05) is 50.2 Å². The van der Waals surface area contributed by atoms with Gasteiger partial charge in [-0.1, -0.05) is 12.1 Å². The molecule has 0 saturated carbocycles. The van der Waals surface area contributed by atoms with Gasteiger partial charge in [-0.25, -0.2) is 0 Å². The smallest absolute Gasteiger partial charge is 0.267 e. The summed E-state index contributed by atoms with van der Waals surface area (Å²) in [5.74, 6) is -0.407. The molecule has 0 heterocycles. The maximum absolute atomic E-state index is 11.9. The molecule has 5 heteroatoms. The van der Waals surface area contributed by atoms with E-state index >= 15 is 0 Å². The van der Waals surface area contributed by atoms with E-state index in [0.717, 1.165) is 12.1 Å². The molecule has 1 aromatic rings. The third-order valence-electron chi connectivity index (χ3n) is 2.59. The number of aryl methyl sites for hydroxylation is 1. The Labute approximate surface area is 119 Å². The number of anilines is 1. The van der Waals surface area contributed by atoms with Crippen molar-refractivity contribution in [1.29, 1.82) is 5.26 Å². The first kappa shape index (κ1) is 15.7. The van der Waals surface area contributed by atoms with Gasteiger partial charge in [0.2, 0.25) is 0 Å². The summed E-state index contributed by atoms with van der Waals surface area (Å²) in [6.45, 7) is 3.45. The number of hydrogen-bond donors (Lipinski definition) is 2. The molecule has 0 fully saturated rings. The maximum Gasteiger partial charge on any atom is 0.267 e. The van der Waals surface area contributed by atoms with E-state index in [-0.39, 0.29) is 5.57 Å². The molecule has 20 heavy (non-hydrogen) atoms. The monoisotopic (exact) mass is 272 g/mol. The Balaban J connectivity index is 2.59. The molecule has 1 amide bonds. The first-order valence-corrected chi connectivity index (χ1v) is 6.39. The average molecular weight is 272 g/mol. The minimum Gasteiger partial charge on any atom is -0.388 e. The zero-order chi connectivity index (χ0) is 15.0. The summed E-state index contributed by atoms with van der Waals surface area (Å²) >= 11 is 0. The molecule has 0 atom stereocenters. The van der Waals surface area contributed by atoms with Gasteiger partial charge in [-0.05, 0) is 38.7 Å². The highest BCUT2D eigenvalue weighted by Gasteiger charge is 2.08. The summed E-state index contributed by atoms with van der Waals surface area (Å²) in [5.41, 5.74) is 1.80. The standard InChI is InChI=1S/C15H20N4O/c1-12-5-4-6-14(9-12)18-15(20)13(10-16)11-17-7-8-19(2)3/h4-6,9,11,17H,7-8H2,1-3H3,(H,18,20)/b13-11-. The number of nitrogens with one attached hydrogen (secondary N) is 2. The molecular formula is C15H20N4O. The average Bonchev–Trinajstić information content (AvgIpc) is 2.38. The lowest BCUT2D eigenvalue weighted by Gasteiger charge is -2.09. The number of carbonyl (C=O) groups excluding carboxylic acids is 1. The molecule has 1 aromatic carbocycles. The van der Waals surface area contributed by atoms with Gasteiger partial charge in [0.25, 0.3) is 5.91 Å². The molecule has 0 spiro atoms. The number of nitriles is 1. The maximum atomic E-state index is 11.9. The molecule has 0 unspecified atom stereocenters. The van der Waals surface area contributed by atoms with Gasteiger partial charge in [-0.3, -0.25) is 4.79 Å². The molecule has 0 aliphatic carbocycles. The molecule has 0 bridgehead atoms. The summed E-state index contributed by atoms with van der Waals surface area (Å²) in [5, 5.41) is 14.7. The van der Waals surface area contributed by atoms with Crippen LogP contribution in [0, 0.1) is 18.3 Å². The molecule has 0 aromatic heterocycles. The highest BCUT2D eigenvalue weighted by atomic mass is 16.1. The molecule has 5 nitrogen and oxygen atoms in total. The van der Waals surface area contributed by atoms with E-state index in [1.54, 1.807) is 6.07 Å². The minimum absolute atomic E-state index is 0.0604. The van der Waals surface area contributed by atoms with Crippen molar-refractivity contribution in [3.8, 4) is 6.07 Å². The van der Waals surface area contributed by atoms with Crippen molar-refractivity contribution in [2.24, 2.45) is 0 Å². The highest BCUT2D eigenvalue weighted by molar-refractivity contribution is 6.06. The van der Waals surface area contributed by atoms with Crippen molar-refractivity contribution in [2.75, 3.05) is 32.5 Å². The second kappa shape index (κ2) is 7.97. The summed E-state index contributed by atoms with van der Waals surface area (Å²) < 4.78 is 0. The van der Waals surface area contributed by atoms with E-state index in [1.165, 1.54) is 6.20 Å². The Morgan fingerprint density at radius 2 is 2.20 bits per heavy atom. The summed E-state index contributed by atoms with van der Waals surface area (Å²) in [6, 6.07) is 9.34. The Bertz CT molecular complexity index is 529. The molecule has 106 valence electrons. The third-order valence-corrected chi connectivity index (χ3v) is 2.59. The third kappa shape index (κ3) is 5.55. The second-order valence-corrected chi connectivity index (χ2v) is 4.75. The van der Waals surface area contributed by atoms with Gasteiger partial charge in [0.05, 0.1) is 0 Å². The van der Waals surface area contributed by atoms with Crippen LogP contribution in [0.25, 0.3) is 0 Å². The molecule has 1 rings (SSSR count). The van der Waals surface area contributed by atoms with E-state index in [2.05, 4.69) is 10.6 Å². The van der Waals surface area contributed by atoms with E-state index in [9.17, 15) is 4.79 Å². The fraction of sp³-hybridized carbons (Fsp3) is 0.333. The molecular weight excluding hydrogens is 252 g/mol. The van der Waals surface area contributed by atoms with Crippen LogP contribution in [0.1, 0.15) is 5.56 Å². The van der Waals surface area contributed by atoms with Gasteiger partial charge in [0, 0.05) is 25.0 Å². The Morgan fingerprint density at radius 3 is 2.80 bits per heavy atom. The van der Waals surface area contributed by atoms with Gasteiger partial charge in [0.15, 0.2) is 0 Å². The molecule has 2 N–H and O–H groups in total. The van der Waals surface area contributed by atoms with Crippen molar-refractivity contribution >= 4 is 11.6 Å². The van der Waals surface area contributed by atoms with E-state index < -0.39 is 5.91 Å². The van der Waals surface area contributed by atoms with Crippen LogP contribution in [-0.4, -0.2) is 38.0 Å². The van der Waals surface area contributed by atoms with Crippen LogP contribution in [0.2, 0.25) is 0 Å². The number of hydrogen-bond acceptors (Lipinski definition) is 4. The topological polar surface area (TPSA) is 68.2 Å². The highest BCUT2D eigenvalue weighted by Crippen LogP contribution is 2.10. The molecule has 0 aliphatic heterocycles. The fourth-order valence-electron chi connectivity index (χ4n) is 1.53. The Kier molecular flexibility index (Phi) is 6.27. The van der Waals surface area contributed by atoms with Crippen LogP contribution >= 0.6 is 0 Å². The number of rotatable bonds is 6. The van der Waals surface area contributed by atoms with Crippen molar-refractivity contribution in [3.05, 3.63) is 41.6 Å². The Hall–Kier alpha value is -2.32. The van der Waals surface area contributed by atoms with Crippen molar-refractivity contribution in [1.82, 2.24) is 10.2 Å². The quantitative estimate of drug-likeness (QED) is 0.468. The van der Waals surface area contributed by atoms with Crippen LogP contribution in [-0.2, 0) is 4.79 Å². The van der Waals surface area contributed by atoms with Gasteiger partial charge in [0.1, 0.15) is 11.6 Å². The number of likely N-dealkylation sites (N-methyl/N-ethyl adjacent to an activating group) is 1. The number of nitrogens with zero attached hydrogens (tertiary/aromatic N) is 2. The zero-order valence-corrected chi connectivity index (χ0v) is 12.1. The van der Waals surface area contributed by atoms with Crippen LogP contribution in [0.3, 0.4) is 0 Å². The predicted molar refractivity (Wildman–Crippen MR) is 80.1 cm³/mol. The normalized spacial score (nSPS) is 11.1. The van der Waals surface area contributed by atoms with Gasteiger partial charge in [-0.2, -0.15) is 5.26 Å². The van der Waals surface area contributed by atoms with Gasteiger partial charge in [-0.15, -0.1) is 0 Å². The van der Waals surface area contributed by atoms with Crippen LogP contribution in [0.15, 0.2) is 36.0 Å². The Morgan fingerprint density at radius 1 is 1.45 bits per heavy atom. The van der Waals surface area contributed by atoms with Crippen LogP contribution in [0.4, 0.5) is 5.69 Å². The van der Waals surface area contributed by atoms with Gasteiger partial charge < -0.3 is 15.5 Å². The largest absolute Gasteiger partial charge is 0.388 e. The second-order valence-electron chi connectivity index (χ2n) is 4.75. The van der Waals surface area contributed by atoms with Crippen molar-refractivity contribution in [2.45, 2.75) is 6.92 Å². The first-order valence-electron chi connectivity index (χ1n) is 6.39. The van der Waals surface area contributed by atoms with Crippen molar-refractivity contribution < 1.29 is 4.79 Å². The lowest BCUT2D eigenvalue weighted by molar-refractivity contribution is -0.112. The lowest BCUT2D eigenvalue weighted by Crippen LogP contribution is -2.24. The SMILES string of the molecule is Cc1cccc(NC(=O)/C(C#N)=C\NCCN(C)C)c1.